The van der Waals surface area contributed by atoms with Crippen molar-refractivity contribution in [3.05, 3.63) is 16.0 Å². The van der Waals surface area contributed by atoms with Crippen LogP contribution < -0.4 is 10.6 Å². The number of piperidine rings is 1. The van der Waals surface area contributed by atoms with Crippen molar-refractivity contribution in [1.29, 1.82) is 0 Å². The second-order valence-electron chi connectivity index (χ2n) is 3.75. The fraction of sp³-hybridized carbons (Fsp3) is 0.600. The van der Waals surface area contributed by atoms with Crippen LogP contribution >= 0.6 is 22.6 Å². The molecule has 0 radical (unpaired) electrons. The molecule has 2 N–H and O–H groups in total. The third-order valence-corrected chi connectivity index (χ3v) is 3.10. The number of aromatic nitrogens is 2. The van der Waals surface area contributed by atoms with Gasteiger partial charge < -0.3 is 10.6 Å². The van der Waals surface area contributed by atoms with Gasteiger partial charge in [0.1, 0.15) is 0 Å². The predicted octanol–water partition coefficient (Wildman–Crippen LogP) is 1.64. The second kappa shape index (κ2) is 5.60. The molecular weight excluding hydrogens is 303 g/mol. The van der Waals surface area contributed by atoms with Crippen molar-refractivity contribution in [1.82, 2.24) is 15.3 Å². The fourth-order valence-electron chi connectivity index (χ4n) is 1.72. The van der Waals surface area contributed by atoms with Crippen LogP contribution in [0.2, 0.25) is 0 Å². The molecule has 0 amide bonds. The van der Waals surface area contributed by atoms with Gasteiger partial charge in [0.15, 0.2) is 0 Å². The lowest BCUT2D eigenvalue weighted by atomic mass is 10.1. The molecule has 1 aliphatic heterocycles. The largest absolute Gasteiger partial charge is 0.353 e. The monoisotopic (exact) mass is 318 g/mol. The van der Waals surface area contributed by atoms with Gasteiger partial charge in [-0.05, 0) is 42.0 Å². The highest BCUT2D eigenvalue weighted by Gasteiger charge is 2.11. The molecule has 2 heterocycles. The first kappa shape index (κ1) is 11.1. The van der Waals surface area contributed by atoms with Gasteiger partial charge in [0.05, 0.1) is 0 Å². The highest BCUT2D eigenvalue weighted by atomic mass is 127. The summed E-state index contributed by atoms with van der Waals surface area (Å²) >= 11 is 2.20. The number of halogens is 1. The Kier molecular flexibility index (Phi) is 4.13. The van der Waals surface area contributed by atoms with E-state index in [1.54, 1.807) is 0 Å². The Labute approximate surface area is 103 Å². The third-order valence-electron chi connectivity index (χ3n) is 2.54. The van der Waals surface area contributed by atoms with Gasteiger partial charge in [-0.25, -0.2) is 9.97 Å². The Bertz CT molecular complexity index is 295. The van der Waals surface area contributed by atoms with Crippen molar-refractivity contribution in [2.45, 2.75) is 25.3 Å². The number of anilines is 1. The summed E-state index contributed by atoms with van der Waals surface area (Å²) in [6.07, 6.45) is 7.52. The molecule has 1 aromatic rings. The number of rotatable bonds is 3. The smallest absolute Gasteiger partial charge is 0.222 e. The van der Waals surface area contributed by atoms with E-state index in [1.165, 1.54) is 19.3 Å². The van der Waals surface area contributed by atoms with Gasteiger partial charge in [-0.3, -0.25) is 0 Å². The second-order valence-corrected chi connectivity index (χ2v) is 5.00. The highest BCUT2D eigenvalue weighted by Crippen LogP contribution is 2.08. The number of hydrogen-bond donors (Lipinski definition) is 2. The Hall–Kier alpha value is -0.430. The zero-order chi connectivity index (χ0) is 10.5. The highest BCUT2D eigenvalue weighted by molar-refractivity contribution is 14.1. The van der Waals surface area contributed by atoms with Crippen molar-refractivity contribution >= 4 is 28.5 Å². The van der Waals surface area contributed by atoms with Crippen molar-refractivity contribution in [2.24, 2.45) is 0 Å². The summed E-state index contributed by atoms with van der Waals surface area (Å²) in [4.78, 5) is 8.41. The molecule has 0 spiro atoms. The minimum atomic E-state index is 0.571. The Morgan fingerprint density at radius 3 is 2.87 bits per heavy atom. The lowest BCUT2D eigenvalue weighted by Gasteiger charge is -2.23. The maximum Gasteiger partial charge on any atom is 0.222 e. The van der Waals surface area contributed by atoms with Crippen LogP contribution in [0.15, 0.2) is 12.4 Å². The van der Waals surface area contributed by atoms with E-state index in [2.05, 4.69) is 43.2 Å². The van der Waals surface area contributed by atoms with Crippen molar-refractivity contribution in [2.75, 3.05) is 18.4 Å². The van der Waals surface area contributed by atoms with Crippen molar-refractivity contribution in [3.8, 4) is 0 Å². The molecule has 1 aromatic heterocycles. The molecule has 4 nitrogen and oxygen atoms in total. The van der Waals surface area contributed by atoms with Crippen LogP contribution in [-0.2, 0) is 0 Å². The van der Waals surface area contributed by atoms with Gasteiger partial charge in [0, 0.05) is 28.6 Å². The summed E-state index contributed by atoms with van der Waals surface area (Å²) < 4.78 is 1.06. The third kappa shape index (κ3) is 3.57. The molecule has 82 valence electrons. The molecule has 15 heavy (non-hydrogen) atoms. The standard InChI is InChI=1S/C10H15IN4/c11-8-5-13-10(14-6-8)15-7-9-3-1-2-4-12-9/h5-6,9,12H,1-4,7H2,(H,13,14,15). The van der Waals surface area contributed by atoms with E-state index in [4.69, 9.17) is 0 Å². The summed E-state index contributed by atoms with van der Waals surface area (Å²) in [6.45, 7) is 2.06. The maximum atomic E-state index is 4.21. The summed E-state index contributed by atoms with van der Waals surface area (Å²) in [5.41, 5.74) is 0. The van der Waals surface area contributed by atoms with E-state index in [0.717, 1.165) is 22.6 Å². The quantitative estimate of drug-likeness (QED) is 0.832. The van der Waals surface area contributed by atoms with Gasteiger partial charge in [-0.1, -0.05) is 6.42 Å². The molecule has 1 fully saturated rings. The number of nitrogens with one attached hydrogen (secondary N) is 2. The average Bonchev–Trinajstić information content (AvgIpc) is 2.30. The van der Waals surface area contributed by atoms with E-state index in [1.807, 2.05) is 12.4 Å². The normalized spacial score (nSPS) is 21.3. The van der Waals surface area contributed by atoms with Crippen LogP contribution in [0.4, 0.5) is 5.95 Å². The summed E-state index contributed by atoms with van der Waals surface area (Å²) in [5, 5.41) is 6.73. The fourth-order valence-corrected chi connectivity index (χ4v) is 1.99. The van der Waals surface area contributed by atoms with E-state index >= 15 is 0 Å². The van der Waals surface area contributed by atoms with E-state index in [0.29, 0.717) is 6.04 Å². The van der Waals surface area contributed by atoms with Gasteiger partial charge in [-0.15, -0.1) is 0 Å². The summed E-state index contributed by atoms with van der Waals surface area (Å²) in [5.74, 6) is 0.725. The Morgan fingerprint density at radius 1 is 1.40 bits per heavy atom. The van der Waals surface area contributed by atoms with Crippen LogP contribution in [0.5, 0.6) is 0 Å². The zero-order valence-electron chi connectivity index (χ0n) is 8.54. The molecule has 1 aliphatic rings. The molecule has 5 heteroatoms. The lowest BCUT2D eigenvalue weighted by molar-refractivity contribution is 0.413. The minimum absolute atomic E-state index is 0.571. The molecule has 1 saturated heterocycles. The molecular formula is C10H15IN4. The first-order valence-electron chi connectivity index (χ1n) is 5.29. The molecule has 1 atom stereocenters. The van der Waals surface area contributed by atoms with Crippen LogP contribution in [0.3, 0.4) is 0 Å². The van der Waals surface area contributed by atoms with Crippen LogP contribution in [0.25, 0.3) is 0 Å². The SMILES string of the molecule is Ic1cnc(NCC2CCCCN2)nc1. The minimum Gasteiger partial charge on any atom is -0.353 e. The zero-order valence-corrected chi connectivity index (χ0v) is 10.7. The maximum absolute atomic E-state index is 4.21. The first-order valence-corrected chi connectivity index (χ1v) is 6.37. The molecule has 0 aliphatic carbocycles. The Balaban J connectivity index is 1.79. The number of hydrogen-bond acceptors (Lipinski definition) is 4. The molecule has 2 rings (SSSR count). The number of nitrogens with zero attached hydrogens (tertiary/aromatic N) is 2. The van der Waals surface area contributed by atoms with Crippen molar-refractivity contribution in [3.63, 3.8) is 0 Å². The van der Waals surface area contributed by atoms with Gasteiger partial charge in [-0.2, -0.15) is 0 Å². The van der Waals surface area contributed by atoms with Gasteiger partial charge in [0.2, 0.25) is 5.95 Å². The van der Waals surface area contributed by atoms with E-state index in [9.17, 15) is 0 Å². The van der Waals surface area contributed by atoms with E-state index in [-0.39, 0.29) is 0 Å². The van der Waals surface area contributed by atoms with Crippen molar-refractivity contribution < 1.29 is 0 Å². The van der Waals surface area contributed by atoms with Crippen LogP contribution in [0.1, 0.15) is 19.3 Å². The first-order chi connectivity index (χ1) is 7.34. The van der Waals surface area contributed by atoms with Gasteiger partial charge in [0.25, 0.3) is 0 Å². The van der Waals surface area contributed by atoms with Gasteiger partial charge >= 0.3 is 0 Å². The molecule has 0 aromatic carbocycles. The summed E-state index contributed by atoms with van der Waals surface area (Å²) in [7, 11) is 0. The summed E-state index contributed by atoms with van der Waals surface area (Å²) in [6, 6.07) is 0.571. The van der Waals surface area contributed by atoms with Crippen LogP contribution in [0, 0.1) is 3.57 Å². The molecule has 0 saturated carbocycles. The topological polar surface area (TPSA) is 49.8 Å². The molecule has 0 bridgehead atoms. The predicted molar refractivity (Wildman–Crippen MR) is 68.9 cm³/mol. The molecule has 1 unspecified atom stereocenters. The van der Waals surface area contributed by atoms with Crippen LogP contribution in [-0.4, -0.2) is 29.1 Å². The average molecular weight is 318 g/mol. The lowest BCUT2D eigenvalue weighted by Crippen LogP contribution is -2.39. The van der Waals surface area contributed by atoms with E-state index < -0.39 is 0 Å². The Morgan fingerprint density at radius 2 is 2.20 bits per heavy atom.